The van der Waals surface area contributed by atoms with Crippen LogP contribution < -0.4 is 0 Å². The minimum absolute atomic E-state index is 0. The Labute approximate surface area is 287 Å². The van der Waals surface area contributed by atoms with Gasteiger partial charge in [0.1, 0.15) is 10.3 Å². The van der Waals surface area contributed by atoms with Gasteiger partial charge in [-0.15, -0.1) is 0 Å². The Morgan fingerprint density at radius 1 is 0.791 bits per heavy atom. The van der Waals surface area contributed by atoms with E-state index in [-0.39, 0.29) is 57.5 Å². The van der Waals surface area contributed by atoms with Crippen LogP contribution in [0.1, 0.15) is 88.3 Å². The molecule has 43 heavy (non-hydrogen) atoms. The highest BCUT2D eigenvalue weighted by molar-refractivity contribution is 6.74. The van der Waals surface area contributed by atoms with Crippen molar-refractivity contribution in [2.75, 3.05) is 19.8 Å². The van der Waals surface area contributed by atoms with E-state index in [1.54, 1.807) is 24.5 Å². The van der Waals surface area contributed by atoms with Crippen molar-refractivity contribution in [2.45, 2.75) is 113 Å². The predicted molar refractivity (Wildman–Crippen MR) is 201 cm³/mol. The van der Waals surface area contributed by atoms with Gasteiger partial charge in [0.25, 0.3) is 0 Å². The molecule has 2 rings (SSSR count). The van der Waals surface area contributed by atoms with Gasteiger partial charge in [-0.25, -0.2) is 9.97 Å². The third-order valence-electron chi connectivity index (χ3n) is 7.58. The Hall–Kier alpha value is -0.486. The summed E-state index contributed by atoms with van der Waals surface area (Å²) in [6.45, 7) is 27.0. The second-order valence-corrected chi connectivity index (χ2v) is 23.8. The van der Waals surface area contributed by atoms with Crippen molar-refractivity contribution in [3.63, 3.8) is 0 Å². The highest BCUT2D eigenvalue weighted by Crippen LogP contribution is 2.38. The summed E-state index contributed by atoms with van der Waals surface area (Å²) in [4.78, 5) is 8.04. The van der Waals surface area contributed by atoms with E-state index in [0.29, 0.717) is 28.4 Å². The maximum Gasteiger partial charge on any atom is 0.192 e. The fourth-order valence-electron chi connectivity index (χ4n) is 2.62. The van der Waals surface area contributed by atoms with Gasteiger partial charge in [-0.3, -0.25) is 0 Å². The van der Waals surface area contributed by atoms with E-state index in [0.717, 1.165) is 16.7 Å². The van der Waals surface area contributed by atoms with Crippen LogP contribution in [0.25, 0.3) is 5.57 Å². The minimum atomic E-state index is -1.83. The lowest BCUT2D eigenvalue weighted by molar-refractivity contribution is 0.194. The first-order valence-corrected chi connectivity index (χ1v) is 20.1. The lowest BCUT2D eigenvalue weighted by atomic mass is 10.0. The van der Waals surface area contributed by atoms with Gasteiger partial charge < -0.3 is 14.0 Å². The third kappa shape index (κ3) is 15.1. The van der Waals surface area contributed by atoms with Crippen molar-refractivity contribution in [3.8, 4) is 0 Å². The van der Waals surface area contributed by atoms with Crippen LogP contribution in [0.4, 0.5) is 0 Å². The Bertz CT molecular complexity index is 1120. The molecule has 0 aliphatic heterocycles. The van der Waals surface area contributed by atoms with E-state index in [9.17, 15) is 5.11 Å². The van der Waals surface area contributed by atoms with E-state index in [2.05, 4.69) is 84.3 Å². The van der Waals surface area contributed by atoms with Crippen molar-refractivity contribution in [2.24, 2.45) is 0 Å². The molecule has 1 N–H and O–H groups in total. The SMILES string of the molecule is C.C.C.C.C=C(CO[Si](C)(C)C(C)(C)C)c1cnc(Cl)c(Cl)c1.CC(C)(C)[Si](C)(C)OCC(CO)c1cnc(Cl)c(Cl)c1. The van der Waals surface area contributed by atoms with Crippen molar-refractivity contribution in [3.05, 3.63) is 62.6 Å². The van der Waals surface area contributed by atoms with E-state index in [4.69, 9.17) is 55.3 Å². The number of halogens is 4. The summed E-state index contributed by atoms with van der Waals surface area (Å²) in [5.74, 6) is -0.133. The molecule has 0 aromatic carbocycles. The van der Waals surface area contributed by atoms with E-state index < -0.39 is 16.6 Å². The normalized spacial score (nSPS) is 12.3. The average Bonchev–Trinajstić information content (AvgIpc) is 2.80. The largest absolute Gasteiger partial charge is 0.416 e. The highest BCUT2D eigenvalue weighted by atomic mass is 35.5. The Balaban J connectivity index is -0.000000324. The van der Waals surface area contributed by atoms with Crippen LogP contribution in [0.5, 0.6) is 0 Å². The van der Waals surface area contributed by atoms with Gasteiger partial charge in [-0.2, -0.15) is 0 Å². The maximum atomic E-state index is 9.57. The quantitative estimate of drug-likeness (QED) is 0.207. The Morgan fingerprint density at radius 3 is 1.60 bits per heavy atom. The number of aliphatic hydroxyl groups excluding tert-OH is 1. The van der Waals surface area contributed by atoms with Crippen molar-refractivity contribution in [1.29, 1.82) is 0 Å². The highest BCUT2D eigenvalue weighted by Gasteiger charge is 2.38. The van der Waals surface area contributed by atoms with Gasteiger partial charge in [-0.05, 0) is 65.1 Å². The number of hydrogen-bond donors (Lipinski definition) is 1. The molecule has 1 unspecified atom stereocenters. The van der Waals surface area contributed by atoms with Crippen LogP contribution in [0.3, 0.4) is 0 Å². The van der Waals surface area contributed by atoms with Gasteiger partial charge in [0.2, 0.25) is 0 Å². The van der Waals surface area contributed by atoms with Crippen LogP contribution in [0.15, 0.2) is 31.1 Å². The van der Waals surface area contributed by atoms with Crippen LogP contribution in [-0.2, 0) is 8.85 Å². The molecular formula is C32H60Cl4N2O3Si2. The molecule has 0 saturated carbocycles. The predicted octanol–water partition coefficient (Wildman–Crippen LogP) is 12.5. The molecule has 2 heterocycles. The van der Waals surface area contributed by atoms with Crippen LogP contribution in [0, 0.1) is 0 Å². The molecule has 0 aliphatic carbocycles. The first-order valence-electron chi connectivity index (χ1n) is 12.8. The van der Waals surface area contributed by atoms with Gasteiger partial charge in [0.05, 0.1) is 23.3 Å². The van der Waals surface area contributed by atoms with Gasteiger partial charge >= 0.3 is 0 Å². The average molecular weight is 719 g/mol. The fourth-order valence-corrected chi connectivity index (χ4v) is 5.19. The topological polar surface area (TPSA) is 64.5 Å². The van der Waals surface area contributed by atoms with Crippen LogP contribution in [-0.4, -0.2) is 51.5 Å². The maximum absolute atomic E-state index is 9.57. The lowest BCUT2D eigenvalue weighted by Crippen LogP contribution is -2.42. The van der Waals surface area contributed by atoms with E-state index >= 15 is 0 Å². The second kappa shape index (κ2) is 19.9. The fraction of sp³-hybridized carbons (Fsp3) is 0.625. The van der Waals surface area contributed by atoms with Gasteiger partial charge in [-0.1, -0.05) is 124 Å². The summed E-state index contributed by atoms with van der Waals surface area (Å²) >= 11 is 23.5. The molecule has 11 heteroatoms. The first-order chi connectivity index (χ1) is 17.6. The third-order valence-corrected chi connectivity index (χ3v) is 17.9. The number of aromatic nitrogens is 2. The summed E-state index contributed by atoms with van der Waals surface area (Å²) in [6, 6.07) is 3.51. The number of nitrogens with zero attached hydrogens (tertiary/aromatic N) is 2. The molecule has 0 aliphatic rings. The van der Waals surface area contributed by atoms with Crippen molar-refractivity contribution < 1.29 is 14.0 Å². The van der Waals surface area contributed by atoms with Crippen LogP contribution in [0.2, 0.25) is 56.6 Å². The monoisotopic (exact) mass is 716 g/mol. The molecule has 0 radical (unpaired) electrons. The molecule has 1 atom stereocenters. The zero-order valence-electron chi connectivity index (χ0n) is 24.9. The second-order valence-electron chi connectivity index (χ2n) is 12.6. The minimum Gasteiger partial charge on any atom is -0.416 e. The lowest BCUT2D eigenvalue weighted by Gasteiger charge is -2.37. The van der Waals surface area contributed by atoms with Crippen molar-refractivity contribution >= 4 is 68.6 Å². The zero-order valence-corrected chi connectivity index (χ0v) is 29.9. The van der Waals surface area contributed by atoms with Crippen molar-refractivity contribution in [1.82, 2.24) is 9.97 Å². The molecular weight excluding hydrogens is 658 g/mol. The molecule has 0 amide bonds. The summed E-state index contributed by atoms with van der Waals surface area (Å²) in [5.41, 5.74) is 2.59. The molecule has 252 valence electrons. The number of hydrogen-bond acceptors (Lipinski definition) is 5. The summed E-state index contributed by atoms with van der Waals surface area (Å²) in [6.07, 6.45) is 3.32. The molecule has 0 spiro atoms. The molecule has 0 bridgehead atoms. The Kier molecular flexibility index (Phi) is 22.9. The molecule has 2 aromatic rings. The first kappa shape index (κ1) is 49.4. The standard InChI is InChI=1S/C14H23Cl2NO2Si.C14H21Cl2NOSi.4CH4/c1-14(2,3)20(4,5)19-9-11(8-18)10-6-12(15)13(16)17-7-10;1-10(9-18-19(5,6)14(2,3)4)11-7-12(15)13(16)17-8-11;;;;/h6-7,11,18H,8-9H2,1-5H3;7-8H,1,9H2,2-6H3;4*1H4. The zero-order chi connectivity index (χ0) is 30.4. The van der Waals surface area contributed by atoms with E-state index in [1.807, 2.05) is 0 Å². The smallest absolute Gasteiger partial charge is 0.192 e. The summed E-state index contributed by atoms with van der Waals surface area (Å²) in [7, 11) is -3.60. The molecule has 0 saturated heterocycles. The van der Waals surface area contributed by atoms with Gasteiger partial charge in [0.15, 0.2) is 16.6 Å². The number of pyridine rings is 2. The van der Waals surface area contributed by atoms with Crippen LogP contribution >= 0.6 is 46.4 Å². The molecule has 0 fully saturated rings. The molecule has 2 aromatic heterocycles. The number of aliphatic hydroxyl groups is 1. The summed E-state index contributed by atoms with van der Waals surface area (Å²) < 4.78 is 12.3. The van der Waals surface area contributed by atoms with E-state index in [1.165, 1.54) is 0 Å². The molecule has 5 nitrogen and oxygen atoms in total. The Morgan fingerprint density at radius 2 is 1.21 bits per heavy atom. The number of rotatable bonds is 9. The summed E-state index contributed by atoms with van der Waals surface area (Å²) in [5, 5.41) is 11.3. The van der Waals surface area contributed by atoms with Gasteiger partial charge in [0, 0.05) is 24.9 Å².